The Morgan fingerprint density at radius 3 is 2.75 bits per heavy atom. The summed E-state index contributed by atoms with van der Waals surface area (Å²) in [6.45, 7) is 0.0965. The van der Waals surface area contributed by atoms with Crippen LogP contribution in [0, 0.1) is 0 Å². The van der Waals surface area contributed by atoms with E-state index in [1.54, 1.807) is 11.8 Å². The van der Waals surface area contributed by atoms with Gasteiger partial charge in [0, 0.05) is 11.5 Å². The van der Waals surface area contributed by atoms with Crippen molar-refractivity contribution >= 4 is 5.97 Å². The van der Waals surface area contributed by atoms with Gasteiger partial charge in [-0.1, -0.05) is 31.4 Å². The molecule has 1 fully saturated rings. The number of carbonyl (C=O) groups excluding carboxylic acids is 1. The fourth-order valence-corrected chi connectivity index (χ4v) is 3.20. The fraction of sp³-hybridized carbons (Fsp3) is 0.500. The van der Waals surface area contributed by atoms with E-state index in [0.717, 1.165) is 30.0 Å². The molecule has 6 heteroatoms. The van der Waals surface area contributed by atoms with Crippen LogP contribution in [0.25, 0.3) is 11.4 Å². The van der Waals surface area contributed by atoms with Crippen molar-refractivity contribution in [3.05, 3.63) is 30.1 Å². The first-order valence-corrected chi connectivity index (χ1v) is 8.37. The Kier molecular flexibility index (Phi) is 5.13. The molecule has 0 spiro atoms. The lowest BCUT2D eigenvalue weighted by molar-refractivity contribution is -0.141. The van der Waals surface area contributed by atoms with Gasteiger partial charge in [0.2, 0.25) is 0 Å². The molecule has 24 heavy (non-hydrogen) atoms. The van der Waals surface area contributed by atoms with Crippen LogP contribution in [-0.2, 0) is 16.1 Å². The first-order valence-electron chi connectivity index (χ1n) is 8.37. The van der Waals surface area contributed by atoms with E-state index in [1.165, 1.54) is 26.4 Å². The fourth-order valence-electron chi connectivity index (χ4n) is 3.20. The molecule has 1 aromatic carbocycles. The van der Waals surface area contributed by atoms with Crippen molar-refractivity contribution in [2.45, 2.75) is 44.6 Å². The number of ether oxygens (including phenoxy) is 2. The molecule has 0 bridgehead atoms. The summed E-state index contributed by atoms with van der Waals surface area (Å²) in [4.78, 5) is 16.5. The maximum absolute atomic E-state index is 11.7. The number of nitrogens with zero attached hydrogens (tertiary/aromatic N) is 3. The van der Waals surface area contributed by atoms with Gasteiger partial charge in [0.1, 0.15) is 18.1 Å². The monoisotopic (exact) mass is 329 g/mol. The van der Waals surface area contributed by atoms with Gasteiger partial charge in [-0.3, -0.25) is 4.79 Å². The zero-order valence-electron chi connectivity index (χ0n) is 14.2. The Morgan fingerprint density at radius 1 is 1.25 bits per heavy atom. The summed E-state index contributed by atoms with van der Waals surface area (Å²) < 4.78 is 11.8. The van der Waals surface area contributed by atoms with Crippen molar-refractivity contribution in [1.29, 1.82) is 0 Å². The molecule has 1 aliphatic carbocycles. The number of benzene rings is 1. The predicted octanol–water partition coefficient (Wildman–Crippen LogP) is 3.17. The van der Waals surface area contributed by atoms with Gasteiger partial charge in [0.15, 0.2) is 5.82 Å². The van der Waals surface area contributed by atoms with Crippen LogP contribution in [0.3, 0.4) is 0 Å². The van der Waals surface area contributed by atoms with Crippen molar-refractivity contribution in [1.82, 2.24) is 14.8 Å². The van der Waals surface area contributed by atoms with Crippen LogP contribution >= 0.6 is 0 Å². The molecule has 0 radical (unpaired) electrons. The summed E-state index contributed by atoms with van der Waals surface area (Å²) in [7, 11) is 3.03. The summed E-state index contributed by atoms with van der Waals surface area (Å²) in [5, 5.41) is 4.57. The summed E-state index contributed by atoms with van der Waals surface area (Å²) in [6.07, 6.45) is 5.85. The molecule has 0 amide bonds. The van der Waals surface area contributed by atoms with Crippen LogP contribution in [0.1, 0.15) is 43.8 Å². The molecule has 6 nitrogen and oxygen atoms in total. The lowest BCUT2D eigenvalue weighted by Gasteiger charge is -2.20. The van der Waals surface area contributed by atoms with E-state index in [1.807, 2.05) is 24.3 Å². The molecule has 1 heterocycles. The first-order chi connectivity index (χ1) is 11.7. The van der Waals surface area contributed by atoms with Crippen molar-refractivity contribution in [3.63, 3.8) is 0 Å². The van der Waals surface area contributed by atoms with E-state index in [4.69, 9.17) is 14.5 Å². The second-order valence-corrected chi connectivity index (χ2v) is 6.09. The zero-order chi connectivity index (χ0) is 16.9. The minimum Gasteiger partial charge on any atom is -0.497 e. The third kappa shape index (κ3) is 3.58. The van der Waals surface area contributed by atoms with Gasteiger partial charge in [-0.15, -0.1) is 0 Å². The van der Waals surface area contributed by atoms with Crippen molar-refractivity contribution in [2.75, 3.05) is 14.2 Å². The second kappa shape index (κ2) is 7.47. The molecule has 3 rings (SSSR count). The van der Waals surface area contributed by atoms with E-state index in [2.05, 4.69) is 5.10 Å². The maximum atomic E-state index is 11.7. The molecule has 2 aromatic rings. The highest BCUT2D eigenvalue weighted by atomic mass is 16.5. The molecule has 0 saturated heterocycles. The molecular formula is C18H23N3O3. The molecule has 0 atom stereocenters. The van der Waals surface area contributed by atoms with Gasteiger partial charge in [-0.2, -0.15) is 5.10 Å². The predicted molar refractivity (Wildman–Crippen MR) is 89.9 cm³/mol. The molecule has 1 aromatic heterocycles. The third-order valence-corrected chi connectivity index (χ3v) is 4.51. The average molecular weight is 329 g/mol. The first kappa shape index (κ1) is 16.5. The minimum absolute atomic E-state index is 0.0965. The molecule has 0 aliphatic heterocycles. The van der Waals surface area contributed by atoms with Gasteiger partial charge in [0.25, 0.3) is 0 Å². The number of methoxy groups -OCH3 is 2. The van der Waals surface area contributed by atoms with Crippen LogP contribution in [0.4, 0.5) is 0 Å². The molecule has 1 saturated carbocycles. The van der Waals surface area contributed by atoms with Crippen LogP contribution in [0.5, 0.6) is 5.75 Å². The quantitative estimate of drug-likeness (QED) is 0.788. The van der Waals surface area contributed by atoms with Crippen molar-refractivity contribution in [2.24, 2.45) is 0 Å². The largest absolute Gasteiger partial charge is 0.497 e. The number of hydrogen-bond donors (Lipinski definition) is 0. The van der Waals surface area contributed by atoms with E-state index in [-0.39, 0.29) is 12.5 Å². The molecule has 0 unspecified atom stereocenters. The Bertz CT molecular complexity index is 705. The van der Waals surface area contributed by atoms with Crippen LogP contribution in [-0.4, -0.2) is 35.0 Å². The summed E-state index contributed by atoms with van der Waals surface area (Å²) >= 11 is 0. The Hall–Kier alpha value is -2.37. The Balaban J connectivity index is 1.96. The third-order valence-electron chi connectivity index (χ3n) is 4.51. The number of rotatable bonds is 5. The van der Waals surface area contributed by atoms with Crippen molar-refractivity contribution in [3.8, 4) is 17.1 Å². The number of hydrogen-bond acceptors (Lipinski definition) is 5. The maximum Gasteiger partial charge on any atom is 0.327 e. The molecular weight excluding hydrogens is 306 g/mol. The standard InChI is InChI=1S/C18H23N3O3/c1-23-15-10-6-9-14(11-15)17-19-18(13-7-4-3-5-8-13)21(20-17)12-16(22)24-2/h6,9-11,13H,3-5,7-8,12H2,1-2H3. The van der Waals surface area contributed by atoms with Gasteiger partial charge < -0.3 is 9.47 Å². The summed E-state index contributed by atoms with van der Waals surface area (Å²) in [5.74, 6) is 2.32. The minimum atomic E-state index is -0.311. The molecule has 1 aliphatic rings. The Morgan fingerprint density at radius 2 is 2.04 bits per heavy atom. The van der Waals surface area contributed by atoms with E-state index in [9.17, 15) is 4.79 Å². The van der Waals surface area contributed by atoms with Crippen LogP contribution in [0.15, 0.2) is 24.3 Å². The number of aromatic nitrogens is 3. The van der Waals surface area contributed by atoms with Crippen LogP contribution < -0.4 is 4.74 Å². The number of esters is 1. The summed E-state index contributed by atoms with van der Waals surface area (Å²) in [6, 6.07) is 7.65. The molecule has 128 valence electrons. The average Bonchev–Trinajstić information content (AvgIpc) is 3.06. The van der Waals surface area contributed by atoms with E-state index >= 15 is 0 Å². The Labute approximate surface area is 141 Å². The van der Waals surface area contributed by atoms with E-state index < -0.39 is 0 Å². The van der Waals surface area contributed by atoms with E-state index in [0.29, 0.717) is 11.7 Å². The number of carbonyl (C=O) groups is 1. The lowest BCUT2D eigenvalue weighted by atomic mass is 9.88. The van der Waals surface area contributed by atoms with Crippen LogP contribution in [0.2, 0.25) is 0 Å². The second-order valence-electron chi connectivity index (χ2n) is 6.09. The smallest absolute Gasteiger partial charge is 0.327 e. The van der Waals surface area contributed by atoms with Gasteiger partial charge in [0.05, 0.1) is 14.2 Å². The highest BCUT2D eigenvalue weighted by molar-refractivity contribution is 5.69. The normalized spacial score (nSPS) is 15.2. The highest BCUT2D eigenvalue weighted by Crippen LogP contribution is 2.33. The highest BCUT2D eigenvalue weighted by Gasteiger charge is 2.24. The van der Waals surface area contributed by atoms with Gasteiger partial charge in [-0.05, 0) is 25.0 Å². The lowest BCUT2D eigenvalue weighted by Crippen LogP contribution is -2.18. The van der Waals surface area contributed by atoms with Crippen molar-refractivity contribution < 1.29 is 14.3 Å². The van der Waals surface area contributed by atoms with Gasteiger partial charge >= 0.3 is 5.97 Å². The topological polar surface area (TPSA) is 66.2 Å². The molecule has 0 N–H and O–H groups in total. The summed E-state index contributed by atoms with van der Waals surface area (Å²) in [5.41, 5.74) is 0.884. The SMILES string of the molecule is COC(=O)Cn1nc(-c2cccc(OC)c2)nc1C1CCCCC1. The zero-order valence-corrected chi connectivity index (χ0v) is 14.2. The van der Waals surface area contributed by atoms with Gasteiger partial charge in [-0.25, -0.2) is 9.67 Å².